The first kappa shape index (κ1) is 14.5. The summed E-state index contributed by atoms with van der Waals surface area (Å²) >= 11 is 0. The Balaban J connectivity index is 1.66. The van der Waals surface area contributed by atoms with E-state index in [1.165, 1.54) is 11.1 Å². The number of nitrogens with zero attached hydrogens (tertiary/aromatic N) is 3. The first-order valence-corrected chi connectivity index (χ1v) is 7.88. The quantitative estimate of drug-likeness (QED) is 0.893. The Morgan fingerprint density at radius 3 is 2.90 bits per heavy atom. The van der Waals surface area contributed by atoms with Crippen LogP contribution < -0.4 is 5.32 Å². The summed E-state index contributed by atoms with van der Waals surface area (Å²) in [5, 5.41) is 3.30. The molecule has 5 heteroatoms. The molecule has 1 aromatic heterocycles. The van der Waals surface area contributed by atoms with Crippen molar-refractivity contribution in [3.8, 4) is 0 Å². The summed E-state index contributed by atoms with van der Waals surface area (Å²) in [4.78, 5) is 21.3. The van der Waals surface area contributed by atoms with Crippen LogP contribution in [0.3, 0.4) is 0 Å². The van der Waals surface area contributed by atoms with Gasteiger partial charge in [-0.15, -0.1) is 0 Å². The van der Waals surface area contributed by atoms with Crippen molar-refractivity contribution in [3.05, 3.63) is 29.6 Å². The average Bonchev–Trinajstić information content (AvgIpc) is 2.95. The summed E-state index contributed by atoms with van der Waals surface area (Å²) in [6.07, 6.45) is 5.89. The minimum atomic E-state index is 0.0589. The van der Waals surface area contributed by atoms with Crippen LogP contribution in [0.25, 0.3) is 0 Å². The maximum atomic E-state index is 12.7. The highest BCUT2D eigenvalue weighted by molar-refractivity contribution is 5.82. The van der Waals surface area contributed by atoms with Crippen LogP contribution in [0.5, 0.6) is 0 Å². The highest BCUT2D eigenvalue weighted by Gasteiger charge is 2.33. The summed E-state index contributed by atoms with van der Waals surface area (Å²) in [5.74, 6) is 0.314. The van der Waals surface area contributed by atoms with Gasteiger partial charge in [-0.05, 0) is 37.4 Å². The fourth-order valence-corrected chi connectivity index (χ4v) is 3.33. The van der Waals surface area contributed by atoms with Crippen LogP contribution in [0.2, 0.25) is 0 Å². The van der Waals surface area contributed by atoms with Crippen LogP contribution in [-0.4, -0.2) is 59.5 Å². The molecule has 114 valence electrons. The molecule has 21 heavy (non-hydrogen) atoms. The van der Waals surface area contributed by atoms with Crippen molar-refractivity contribution in [1.29, 1.82) is 0 Å². The Kier molecular flexibility index (Phi) is 4.51. The molecule has 0 aliphatic carbocycles. The van der Waals surface area contributed by atoms with E-state index in [1.54, 1.807) is 0 Å². The zero-order chi connectivity index (χ0) is 14.7. The molecule has 0 saturated carbocycles. The fraction of sp³-hybridized carbons (Fsp3) is 0.625. The van der Waals surface area contributed by atoms with Gasteiger partial charge in [0.2, 0.25) is 5.91 Å². The number of carbonyl (C=O) groups is 1. The molecule has 2 fully saturated rings. The predicted molar refractivity (Wildman–Crippen MR) is 81.9 cm³/mol. The van der Waals surface area contributed by atoms with Crippen molar-refractivity contribution in [1.82, 2.24) is 20.1 Å². The molecule has 1 aromatic rings. The standard InChI is InChI=1S/C16H24N4O/c1-13-9-14(11-18-10-13)12-20-6-2-3-15(20)16(21)19-7-4-17-5-8-19/h9-11,15,17H,2-8,12H2,1H3. The highest BCUT2D eigenvalue weighted by atomic mass is 16.2. The van der Waals surface area contributed by atoms with Gasteiger partial charge in [-0.3, -0.25) is 14.7 Å². The summed E-state index contributed by atoms with van der Waals surface area (Å²) < 4.78 is 0. The van der Waals surface area contributed by atoms with Gasteiger partial charge in [0.25, 0.3) is 0 Å². The Hall–Kier alpha value is -1.46. The lowest BCUT2D eigenvalue weighted by atomic mass is 10.1. The number of pyridine rings is 1. The minimum absolute atomic E-state index is 0.0589. The molecule has 3 heterocycles. The van der Waals surface area contributed by atoms with Gasteiger partial charge in [0.1, 0.15) is 0 Å². The Morgan fingerprint density at radius 1 is 1.33 bits per heavy atom. The number of aromatic nitrogens is 1. The monoisotopic (exact) mass is 288 g/mol. The number of nitrogens with one attached hydrogen (secondary N) is 1. The van der Waals surface area contributed by atoms with E-state index in [0.29, 0.717) is 5.91 Å². The van der Waals surface area contributed by atoms with Crippen molar-refractivity contribution in [3.63, 3.8) is 0 Å². The Bertz CT molecular complexity index is 499. The summed E-state index contributed by atoms with van der Waals surface area (Å²) in [7, 11) is 0. The normalized spacial score (nSPS) is 23.5. The molecule has 3 rings (SSSR count). The average molecular weight is 288 g/mol. The molecule has 2 saturated heterocycles. The van der Waals surface area contributed by atoms with Gasteiger partial charge in [0.05, 0.1) is 6.04 Å². The molecular formula is C16H24N4O. The van der Waals surface area contributed by atoms with E-state index in [2.05, 4.69) is 28.2 Å². The molecule has 0 bridgehead atoms. The van der Waals surface area contributed by atoms with Gasteiger partial charge < -0.3 is 10.2 Å². The molecule has 5 nitrogen and oxygen atoms in total. The van der Waals surface area contributed by atoms with Gasteiger partial charge >= 0.3 is 0 Å². The van der Waals surface area contributed by atoms with E-state index in [4.69, 9.17) is 0 Å². The molecule has 2 aliphatic rings. The fourth-order valence-electron chi connectivity index (χ4n) is 3.33. The molecule has 0 spiro atoms. The molecule has 1 amide bonds. The number of hydrogen-bond donors (Lipinski definition) is 1. The third-order valence-electron chi connectivity index (χ3n) is 4.39. The molecule has 1 atom stereocenters. The van der Waals surface area contributed by atoms with Crippen LogP contribution in [0.4, 0.5) is 0 Å². The summed E-state index contributed by atoms with van der Waals surface area (Å²) in [5.41, 5.74) is 2.38. The third kappa shape index (κ3) is 3.41. The Labute approximate surface area is 126 Å². The number of amides is 1. The van der Waals surface area contributed by atoms with Crippen LogP contribution in [0, 0.1) is 6.92 Å². The van der Waals surface area contributed by atoms with Gasteiger partial charge in [0.15, 0.2) is 0 Å². The minimum Gasteiger partial charge on any atom is -0.339 e. The van der Waals surface area contributed by atoms with Crippen LogP contribution in [0.1, 0.15) is 24.0 Å². The largest absolute Gasteiger partial charge is 0.339 e. The number of hydrogen-bond acceptors (Lipinski definition) is 4. The summed E-state index contributed by atoms with van der Waals surface area (Å²) in [6.45, 7) is 7.42. The van der Waals surface area contributed by atoms with Crippen molar-refractivity contribution in [2.24, 2.45) is 0 Å². The van der Waals surface area contributed by atoms with Crippen molar-refractivity contribution in [2.75, 3.05) is 32.7 Å². The van der Waals surface area contributed by atoms with Gasteiger partial charge in [-0.1, -0.05) is 6.07 Å². The second-order valence-electron chi connectivity index (χ2n) is 6.07. The lowest BCUT2D eigenvalue weighted by Crippen LogP contribution is -2.52. The van der Waals surface area contributed by atoms with Gasteiger partial charge in [-0.2, -0.15) is 0 Å². The van der Waals surface area contributed by atoms with Crippen molar-refractivity contribution in [2.45, 2.75) is 32.4 Å². The number of carbonyl (C=O) groups excluding carboxylic acids is 1. The first-order valence-electron chi connectivity index (χ1n) is 7.88. The topological polar surface area (TPSA) is 48.5 Å². The van der Waals surface area contributed by atoms with E-state index in [9.17, 15) is 4.79 Å². The lowest BCUT2D eigenvalue weighted by Gasteiger charge is -2.33. The second-order valence-corrected chi connectivity index (χ2v) is 6.07. The number of piperazine rings is 1. The predicted octanol–water partition coefficient (Wildman–Crippen LogP) is 0.786. The summed E-state index contributed by atoms with van der Waals surface area (Å²) in [6, 6.07) is 2.22. The van der Waals surface area contributed by atoms with Gasteiger partial charge in [0, 0.05) is 45.1 Å². The first-order chi connectivity index (χ1) is 10.2. The third-order valence-corrected chi connectivity index (χ3v) is 4.39. The van der Waals surface area contributed by atoms with Crippen molar-refractivity contribution < 1.29 is 4.79 Å². The highest BCUT2D eigenvalue weighted by Crippen LogP contribution is 2.22. The second kappa shape index (κ2) is 6.54. The van der Waals surface area contributed by atoms with E-state index >= 15 is 0 Å². The molecule has 0 aromatic carbocycles. The van der Waals surface area contributed by atoms with Crippen molar-refractivity contribution >= 4 is 5.91 Å². The molecule has 0 radical (unpaired) electrons. The number of aryl methyl sites for hydroxylation is 1. The van der Waals surface area contributed by atoms with E-state index in [-0.39, 0.29) is 6.04 Å². The van der Waals surface area contributed by atoms with E-state index in [1.807, 2.05) is 17.3 Å². The van der Waals surface area contributed by atoms with Crippen LogP contribution >= 0.6 is 0 Å². The lowest BCUT2D eigenvalue weighted by molar-refractivity contribution is -0.136. The molecule has 1 N–H and O–H groups in total. The smallest absolute Gasteiger partial charge is 0.240 e. The maximum Gasteiger partial charge on any atom is 0.240 e. The maximum absolute atomic E-state index is 12.7. The number of rotatable bonds is 3. The zero-order valence-electron chi connectivity index (χ0n) is 12.7. The number of likely N-dealkylation sites (tertiary alicyclic amines) is 1. The van der Waals surface area contributed by atoms with E-state index in [0.717, 1.165) is 52.1 Å². The molecule has 2 aliphatic heterocycles. The zero-order valence-corrected chi connectivity index (χ0v) is 12.7. The van der Waals surface area contributed by atoms with Gasteiger partial charge in [-0.25, -0.2) is 0 Å². The van der Waals surface area contributed by atoms with Crippen LogP contribution in [-0.2, 0) is 11.3 Å². The van der Waals surface area contributed by atoms with E-state index < -0.39 is 0 Å². The molecular weight excluding hydrogens is 264 g/mol. The molecule has 1 unspecified atom stereocenters. The van der Waals surface area contributed by atoms with Crippen LogP contribution in [0.15, 0.2) is 18.5 Å². The Morgan fingerprint density at radius 2 is 2.14 bits per heavy atom. The SMILES string of the molecule is Cc1cncc(CN2CCCC2C(=O)N2CCNCC2)c1.